The van der Waals surface area contributed by atoms with Crippen molar-refractivity contribution < 1.29 is 13.6 Å². The van der Waals surface area contributed by atoms with Crippen LogP contribution in [0.3, 0.4) is 0 Å². The minimum atomic E-state index is -0.554. The summed E-state index contributed by atoms with van der Waals surface area (Å²) >= 11 is 6.86. The molecule has 25 heavy (non-hydrogen) atoms. The van der Waals surface area contributed by atoms with Gasteiger partial charge in [0.1, 0.15) is 5.82 Å². The van der Waals surface area contributed by atoms with Crippen LogP contribution in [0, 0.1) is 12.7 Å². The molecule has 0 radical (unpaired) electrons. The number of thioether (sulfide) groups is 1. The molecule has 128 valence electrons. The van der Waals surface area contributed by atoms with Gasteiger partial charge in [0.05, 0.1) is 11.4 Å². The van der Waals surface area contributed by atoms with Gasteiger partial charge in [0.2, 0.25) is 11.8 Å². The van der Waals surface area contributed by atoms with Gasteiger partial charge >= 0.3 is 0 Å². The first-order chi connectivity index (χ1) is 12.0. The molecule has 0 aliphatic rings. The van der Waals surface area contributed by atoms with E-state index in [1.165, 1.54) is 18.2 Å². The fraction of sp³-hybridized carbons (Fsp3) is 0.118. The number of hydrogen-bond acceptors (Lipinski definition) is 5. The number of benzene rings is 2. The van der Waals surface area contributed by atoms with Crippen molar-refractivity contribution in [3.8, 4) is 11.5 Å². The highest BCUT2D eigenvalue weighted by Gasteiger charge is 2.12. The summed E-state index contributed by atoms with van der Waals surface area (Å²) in [5, 5.41) is 10.9. The minimum Gasteiger partial charge on any atom is -0.411 e. The summed E-state index contributed by atoms with van der Waals surface area (Å²) in [4.78, 5) is 11.9. The van der Waals surface area contributed by atoms with Gasteiger partial charge in [-0.25, -0.2) is 4.39 Å². The van der Waals surface area contributed by atoms with Gasteiger partial charge in [-0.3, -0.25) is 4.79 Å². The molecule has 0 spiro atoms. The van der Waals surface area contributed by atoms with Gasteiger partial charge in [-0.2, -0.15) is 0 Å². The van der Waals surface area contributed by atoms with E-state index in [2.05, 4.69) is 15.5 Å². The third-order valence-corrected chi connectivity index (χ3v) is 4.29. The number of aromatic nitrogens is 2. The normalized spacial score (nSPS) is 10.7. The Labute approximate surface area is 152 Å². The minimum absolute atomic E-state index is 0.00147. The molecule has 2 aromatic carbocycles. The lowest BCUT2D eigenvalue weighted by Crippen LogP contribution is -2.15. The monoisotopic (exact) mass is 377 g/mol. The molecule has 0 fully saturated rings. The van der Waals surface area contributed by atoms with Crippen LogP contribution in [0.4, 0.5) is 10.1 Å². The standard InChI is InChI=1S/C17H13ClFN3O2S/c1-10-2-4-11(5-3-10)16-21-22-17(24-16)25-9-15(23)20-14-8-12(18)6-7-13(14)19/h2-8H,9H2,1H3,(H,20,23). The van der Waals surface area contributed by atoms with Crippen LogP contribution in [0.1, 0.15) is 5.56 Å². The Balaban J connectivity index is 1.59. The largest absolute Gasteiger partial charge is 0.411 e. The van der Waals surface area contributed by atoms with E-state index in [-0.39, 0.29) is 16.7 Å². The van der Waals surface area contributed by atoms with Gasteiger partial charge in [0.25, 0.3) is 5.22 Å². The van der Waals surface area contributed by atoms with Crippen molar-refractivity contribution in [2.45, 2.75) is 12.1 Å². The number of aryl methyl sites for hydroxylation is 1. The first-order valence-corrected chi connectivity index (χ1v) is 8.66. The van der Waals surface area contributed by atoms with Gasteiger partial charge in [-0.1, -0.05) is 41.1 Å². The molecule has 1 aromatic heterocycles. The molecule has 3 aromatic rings. The van der Waals surface area contributed by atoms with Crippen molar-refractivity contribution in [1.82, 2.24) is 10.2 Å². The van der Waals surface area contributed by atoms with E-state index in [0.29, 0.717) is 10.9 Å². The van der Waals surface area contributed by atoms with E-state index in [1.54, 1.807) is 0 Å². The van der Waals surface area contributed by atoms with Crippen LogP contribution in [0.5, 0.6) is 0 Å². The molecule has 0 bridgehead atoms. The van der Waals surface area contributed by atoms with E-state index in [1.807, 2.05) is 31.2 Å². The zero-order valence-corrected chi connectivity index (χ0v) is 14.7. The highest BCUT2D eigenvalue weighted by Crippen LogP contribution is 2.24. The lowest BCUT2D eigenvalue weighted by Gasteiger charge is -2.05. The molecule has 8 heteroatoms. The van der Waals surface area contributed by atoms with E-state index in [9.17, 15) is 9.18 Å². The first kappa shape index (κ1) is 17.4. The Morgan fingerprint density at radius 1 is 1.24 bits per heavy atom. The Morgan fingerprint density at radius 3 is 2.76 bits per heavy atom. The molecule has 0 saturated carbocycles. The van der Waals surface area contributed by atoms with Crippen LogP contribution in [0.2, 0.25) is 5.02 Å². The lowest BCUT2D eigenvalue weighted by atomic mass is 10.1. The number of anilines is 1. The number of rotatable bonds is 5. The molecular weight excluding hydrogens is 365 g/mol. The van der Waals surface area contributed by atoms with Gasteiger partial charge < -0.3 is 9.73 Å². The summed E-state index contributed by atoms with van der Waals surface area (Å²) in [5.74, 6) is -0.575. The highest BCUT2D eigenvalue weighted by molar-refractivity contribution is 7.99. The number of nitrogens with one attached hydrogen (secondary N) is 1. The molecule has 0 aliphatic heterocycles. The Morgan fingerprint density at radius 2 is 2.00 bits per heavy atom. The second-order valence-electron chi connectivity index (χ2n) is 5.20. The summed E-state index contributed by atoms with van der Waals surface area (Å²) in [7, 11) is 0. The maximum Gasteiger partial charge on any atom is 0.277 e. The van der Waals surface area contributed by atoms with Gasteiger partial charge in [0.15, 0.2) is 0 Å². The smallest absolute Gasteiger partial charge is 0.277 e. The molecular formula is C17H13ClFN3O2S. The number of carbonyl (C=O) groups is 1. The maximum absolute atomic E-state index is 13.6. The van der Waals surface area contributed by atoms with Crippen LogP contribution in [-0.4, -0.2) is 21.9 Å². The fourth-order valence-electron chi connectivity index (χ4n) is 1.99. The Bertz CT molecular complexity index is 899. The molecule has 0 atom stereocenters. The van der Waals surface area contributed by atoms with Crippen molar-refractivity contribution in [3.05, 3.63) is 58.9 Å². The third-order valence-electron chi connectivity index (χ3n) is 3.23. The molecule has 1 heterocycles. The van der Waals surface area contributed by atoms with Gasteiger partial charge in [0, 0.05) is 10.6 Å². The topological polar surface area (TPSA) is 68.0 Å². The van der Waals surface area contributed by atoms with Crippen molar-refractivity contribution in [3.63, 3.8) is 0 Å². The van der Waals surface area contributed by atoms with Crippen LogP contribution in [0.25, 0.3) is 11.5 Å². The molecule has 1 N–H and O–H groups in total. The van der Waals surface area contributed by atoms with E-state index in [0.717, 1.165) is 22.9 Å². The quantitative estimate of drug-likeness (QED) is 0.660. The predicted octanol–water partition coefficient (Wildman–Crippen LogP) is 4.57. The van der Waals surface area contributed by atoms with Gasteiger partial charge in [-0.05, 0) is 37.3 Å². The van der Waals surface area contributed by atoms with Crippen LogP contribution in [0.15, 0.2) is 52.1 Å². The number of carbonyl (C=O) groups excluding carboxylic acids is 1. The average molecular weight is 378 g/mol. The first-order valence-electron chi connectivity index (χ1n) is 7.29. The summed E-state index contributed by atoms with van der Waals surface area (Å²) in [5.41, 5.74) is 1.96. The average Bonchev–Trinajstić information content (AvgIpc) is 3.06. The van der Waals surface area contributed by atoms with E-state index >= 15 is 0 Å². The lowest BCUT2D eigenvalue weighted by molar-refractivity contribution is -0.113. The highest BCUT2D eigenvalue weighted by atomic mass is 35.5. The molecule has 1 amide bonds. The predicted molar refractivity (Wildman–Crippen MR) is 95.2 cm³/mol. The number of amides is 1. The molecule has 0 aliphatic carbocycles. The van der Waals surface area contributed by atoms with Crippen LogP contribution < -0.4 is 5.32 Å². The number of hydrogen-bond donors (Lipinski definition) is 1. The van der Waals surface area contributed by atoms with Crippen molar-refractivity contribution in [2.75, 3.05) is 11.1 Å². The van der Waals surface area contributed by atoms with Crippen molar-refractivity contribution in [1.29, 1.82) is 0 Å². The van der Waals surface area contributed by atoms with Gasteiger partial charge in [-0.15, -0.1) is 10.2 Å². The van der Waals surface area contributed by atoms with Crippen molar-refractivity contribution >= 4 is 35.0 Å². The summed E-state index contributed by atoms with van der Waals surface area (Å²) in [6, 6.07) is 11.6. The molecule has 0 unspecified atom stereocenters. The number of halogens is 2. The molecule has 3 rings (SSSR count). The second kappa shape index (κ2) is 7.67. The fourth-order valence-corrected chi connectivity index (χ4v) is 2.72. The Hall–Kier alpha value is -2.38. The maximum atomic E-state index is 13.6. The summed E-state index contributed by atoms with van der Waals surface area (Å²) < 4.78 is 19.1. The zero-order valence-electron chi connectivity index (χ0n) is 13.1. The Kier molecular flexibility index (Phi) is 5.35. The zero-order chi connectivity index (χ0) is 17.8. The summed E-state index contributed by atoms with van der Waals surface area (Å²) in [6.07, 6.45) is 0. The number of nitrogens with zero attached hydrogens (tertiary/aromatic N) is 2. The SMILES string of the molecule is Cc1ccc(-c2nnc(SCC(=O)Nc3cc(Cl)ccc3F)o2)cc1. The third kappa shape index (κ3) is 4.58. The molecule has 5 nitrogen and oxygen atoms in total. The molecule has 0 saturated heterocycles. The van der Waals surface area contributed by atoms with Crippen molar-refractivity contribution in [2.24, 2.45) is 0 Å². The van der Waals surface area contributed by atoms with E-state index in [4.69, 9.17) is 16.0 Å². The van der Waals surface area contributed by atoms with Crippen LogP contribution in [-0.2, 0) is 4.79 Å². The van der Waals surface area contributed by atoms with Crippen LogP contribution >= 0.6 is 23.4 Å². The summed E-state index contributed by atoms with van der Waals surface area (Å²) in [6.45, 7) is 1.99. The van der Waals surface area contributed by atoms with E-state index < -0.39 is 11.7 Å². The second-order valence-corrected chi connectivity index (χ2v) is 6.56.